The molecule has 4 aromatic rings. The van der Waals surface area contributed by atoms with Crippen LogP contribution in [-0.4, -0.2) is 31.9 Å². The minimum absolute atomic E-state index is 0.0499. The van der Waals surface area contributed by atoms with E-state index in [1.807, 2.05) is 67.6 Å². The lowest BCUT2D eigenvalue weighted by Crippen LogP contribution is -2.33. The SMILES string of the molecule is C[C@H](CCc1ccco1)NC(=O)c1nnn(-c2ccccc2)c1-c1ccccn1. The molecule has 3 heterocycles. The monoisotopic (exact) mass is 387 g/mol. The van der Waals surface area contributed by atoms with Crippen LogP contribution < -0.4 is 5.32 Å². The molecule has 1 amide bonds. The summed E-state index contributed by atoms with van der Waals surface area (Å²) in [5.74, 6) is 0.620. The van der Waals surface area contributed by atoms with Gasteiger partial charge < -0.3 is 9.73 Å². The number of nitrogens with zero attached hydrogens (tertiary/aromatic N) is 4. The molecule has 29 heavy (non-hydrogen) atoms. The summed E-state index contributed by atoms with van der Waals surface area (Å²) in [5, 5.41) is 11.4. The van der Waals surface area contributed by atoms with Crippen molar-refractivity contribution in [2.75, 3.05) is 0 Å². The van der Waals surface area contributed by atoms with Crippen LogP contribution in [0.5, 0.6) is 0 Å². The van der Waals surface area contributed by atoms with Crippen LogP contribution in [0.2, 0.25) is 0 Å². The fourth-order valence-electron chi connectivity index (χ4n) is 3.10. The van der Waals surface area contributed by atoms with Gasteiger partial charge in [0, 0.05) is 18.7 Å². The molecule has 0 aliphatic rings. The van der Waals surface area contributed by atoms with E-state index in [1.54, 1.807) is 17.1 Å². The van der Waals surface area contributed by atoms with Gasteiger partial charge in [-0.2, -0.15) is 0 Å². The highest BCUT2D eigenvalue weighted by Crippen LogP contribution is 2.23. The van der Waals surface area contributed by atoms with Crippen molar-refractivity contribution in [1.82, 2.24) is 25.3 Å². The largest absolute Gasteiger partial charge is 0.469 e. The molecular formula is C22H21N5O2. The third kappa shape index (κ3) is 4.24. The molecule has 0 radical (unpaired) electrons. The Hall–Kier alpha value is -3.74. The van der Waals surface area contributed by atoms with Crippen LogP contribution in [0.15, 0.2) is 77.5 Å². The summed E-state index contributed by atoms with van der Waals surface area (Å²) in [5.41, 5.74) is 2.25. The Kier molecular flexibility index (Phi) is 5.47. The van der Waals surface area contributed by atoms with Crippen molar-refractivity contribution in [3.05, 3.63) is 84.6 Å². The number of aryl methyl sites for hydroxylation is 1. The average Bonchev–Trinajstić information content (AvgIpc) is 3.43. The number of carbonyl (C=O) groups excluding carboxylic acids is 1. The number of furan rings is 1. The highest BCUT2D eigenvalue weighted by molar-refractivity contribution is 5.98. The van der Waals surface area contributed by atoms with Crippen molar-refractivity contribution in [2.45, 2.75) is 25.8 Å². The van der Waals surface area contributed by atoms with Gasteiger partial charge >= 0.3 is 0 Å². The summed E-state index contributed by atoms with van der Waals surface area (Å²) >= 11 is 0. The summed E-state index contributed by atoms with van der Waals surface area (Å²) in [6.45, 7) is 1.96. The van der Waals surface area contributed by atoms with Gasteiger partial charge in [0.25, 0.3) is 5.91 Å². The molecule has 0 saturated heterocycles. The number of hydrogen-bond donors (Lipinski definition) is 1. The van der Waals surface area contributed by atoms with Gasteiger partial charge in [-0.3, -0.25) is 9.78 Å². The van der Waals surface area contributed by atoms with Crippen molar-refractivity contribution in [3.63, 3.8) is 0 Å². The van der Waals surface area contributed by atoms with Crippen molar-refractivity contribution < 1.29 is 9.21 Å². The maximum absolute atomic E-state index is 13.0. The van der Waals surface area contributed by atoms with Gasteiger partial charge in [-0.05, 0) is 49.7 Å². The van der Waals surface area contributed by atoms with Crippen LogP contribution in [0.25, 0.3) is 17.1 Å². The second kappa shape index (κ2) is 8.52. The first kappa shape index (κ1) is 18.6. The number of para-hydroxylation sites is 1. The Balaban J connectivity index is 1.59. The first-order valence-corrected chi connectivity index (χ1v) is 9.48. The van der Waals surface area contributed by atoms with E-state index in [4.69, 9.17) is 4.42 Å². The molecule has 1 N–H and O–H groups in total. The smallest absolute Gasteiger partial charge is 0.274 e. The second-order valence-electron chi connectivity index (χ2n) is 6.74. The number of carbonyl (C=O) groups is 1. The molecule has 7 nitrogen and oxygen atoms in total. The van der Waals surface area contributed by atoms with Gasteiger partial charge in [0.15, 0.2) is 5.69 Å². The molecular weight excluding hydrogens is 366 g/mol. The summed E-state index contributed by atoms with van der Waals surface area (Å²) in [6.07, 6.45) is 4.84. The molecule has 0 saturated carbocycles. The predicted octanol–water partition coefficient (Wildman–Crippen LogP) is 3.67. The Morgan fingerprint density at radius 3 is 2.66 bits per heavy atom. The summed E-state index contributed by atoms with van der Waals surface area (Å²) in [6, 6.07) is 18.9. The molecule has 0 bridgehead atoms. The lowest BCUT2D eigenvalue weighted by molar-refractivity contribution is 0.0933. The topological polar surface area (TPSA) is 85.8 Å². The van der Waals surface area contributed by atoms with Crippen LogP contribution in [0.1, 0.15) is 29.6 Å². The molecule has 0 spiro atoms. The maximum atomic E-state index is 13.0. The van der Waals surface area contributed by atoms with E-state index in [2.05, 4.69) is 20.6 Å². The van der Waals surface area contributed by atoms with E-state index in [9.17, 15) is 4.79 Å². The van der Waals surface area contributed by atoms with Crippen LogP contribution in [-0.2, 0) is 6.42 Å². The number of pyridine rings is 1. The predicted molar refractivity (Wildman–Crippen MR) is 109 cm³/mol. The molecule has 1 aromatic carbocycles. The maximum Gasteiger partial charge on any atom is 0.274 e. The summed E-state index contributed by atoms with van der Waals surface area (Å²) in [4.78, 5) is 17.4. The quantitative estimate of drug-likeness (QED) is 0.523. The van der Waals surface area contributed by atoms with E-state index >= 15 is 0 Å². The van der Waals surface area contributed by atoms with E-state index < -0.39 is 0 Å². The number of hydrogen-bond acceptors (Lipinski definition) is 5. The Labute approximate surface area is 168 Å². The number of benzene rings is 1. The minimum Gasteiger partial charge on any atom is -0.469 e. The molecule has 0 unspecified atom stereocenters. The second-order valence-corrected chi connectivity index (χ2v) is 6.74. The van der Waals surface area contributed by atoms with Crippen molar-refractivity contribution in [1.29, 1.82) is 0 Å². The molecule has 1 atom stereocenters. The van der Waals surface area contributed by atoms with Gasteiger partial charge in [0.1, 0.15) is 11.5 Å². The molecule has 0 aliphatic heterocycles. The van der Waals surface area contributed by atoms with Crippen molar-refractivity contribution in [2.24, 2.45) is 0 Å². The fraction of sp³-hybridized carbons (Fsp3) is 0.182. The van der Waals surface area contributed by atoms with Gasteiger partial charge in [0.2, 0.25) is 0 Å². The summed E-state index contributed by atoms with van der Waals surface area (Å²) < 4.78 is 7.00. The van der Waals surface area contributed by atoms with Crippen LogP contribution >= 0.6 is 0 Å². The number of nitrogens with one attached hydrogen (secondary N) is 1. The third-order valence-corrected chi connectivity index (χ3v) is 4.57. The van der Waals surface area contributed by atoms with E-state index in [0.717, 1.165) is 24.3 Å². The zero-order chi connectivity index (χ0) is 20.1. The standard InChI is InChI=1S/C22H21N5O2/c1-16(12-13-18-10-7-15-29-18)24-22(28)20-21(19-11-5-6-14-23-19)27(26-25-20)17-8-3-2-4-9-17/h2-11,14-16H,12-13H2,1H3,(H,24,28)/t16-/m1/s1. The third-order valence-electron chi connectivity index (χ3n) is 4.57. The first-order valence-electron chi connectivity index (χ1n) is 9.48. The van der Waals surface area contributed by atoms with Crippen molar-refractivity contribution >= 4 is 5.91 Å². The Morgan fingerprint density at radius 1 is 1.10 bits per heavy atom. The zero-order valence-electron chi connectivity index (χ0n) is 16.0. The van der Waals surface area contributed by atoms with E-state index in [0.29, 0.717) is 11.4 Å². The normalized spacial score (nSPS) is 11.9. The Bertz CT molecular complexity index is 1060. The molecule has 4 rings (SSSR count). The average molecular weight is 387 g/mol. The van der Waals surface area contributed by atoms with E-state index in [-0.39, 0.29) is 17.6 Å². The molecule has 3 aromatic heterocycles. The number of rotatable bonds is 7. The van der Waals surface area contributed by atoms with Crippen LogP contribution in [0.3, 0.4) is 0 Å². The van der Waals surface area contributed by atoms with Gasteiger partial charge in [-0.1, -0.05) is 29.5 Å². The lowest BCUT2D eigenvalue weighted by Gasteiger charge is -2.13. The number of amides is 1. The molecule has 0 aliphatic carbocycles. The van der Waals surface area contributed by atoms with Gasteiger partial charge in [-0.15, -0.1) is 5.10 Å². The van der Waals surface area contributed by atoms with Crippen LogP contribution in [0.4, 0.5) is 0 Å². The van der Waals surface area contributed by atoms with Crippen LogP contribution in [0, 0.1) is 0 Å². The van der Waals surface area contributed by atoms with Gasteiger partial charge in [-0.25, -0.2) is 4.68 Å². The highest BCUT2D eigenvalue weighted by Gasteiger charge is 2.24. The first-order chi connectivity index (χ1) is 14.2. The molecule has 7 heteroatoms. The minimum atomic E-state index is -0.278. The summed E-state index contributed by atoms with van der Waals surface area (Å²) in [7, 11) is 0. The van der Waals surface area contributed by atoms with E-state index in [1.165, 1.54) is 0 Å². The lowest BCUT2D eigenvalue weighted by atomic mass is 10.1. The molecule has 146 valence electrons. The zero-order valence-corrected chi connectivity index (χ0v) is 16.0. The van der Waals surface area contributed by atoms with Crippen molar-refractivity contribution in [3.8, 4) is 17.1 Å². The van der Waals surface area contributed by atoms with Gasteiger partial charge in [0.05, 0.1) is 17.6 Å². The fourth-order valence-corrected chi connectivity index (χ4v) is 3.10. The Morgan fingerprint density at radius 2 is 1.93 bits per heavy atom. The number of aromatic nitrogens is 4. The molecule has 0 fully saturated rings. The highest BCUT2D eigenvalue weighted by atomic mass is 16.3.